The highest BCUT2D eigenvalue weighted by atomic mass is 16.2. The maximum atomic E-state index is 12.1. The van der Waals surface area contributed by atoms with Crippen LogP contribution in [0, 0.1) is 0 Å². The third-order valence-corrected chi connectivity index (χ3v) is 2.56. The van der Waals surface area contributed by atoms with Crippen LogP contribution in [-0.4, -0.2) is 17.6 Å². The Kier molecular flexibility index (Phi) is 3.76. The molecule has 0 N–H and O–H groups in total. The second kappa shape index (κ2) is 5.67. The first-order valence-corrected chi connectivity index (χ1v) is 5.55. The number of Topliss-reactive ketones (excluding diaryl/α,β-unsaturated/α-hetero) is 2. The Morgan fingerprint density at radius 1 is 0.842 bits per heavy atom. The number of nitrogens with zero attached hydrogens (tertiary/aromatic N) is 1. The van der Waals surface area contributed by atoms with Crippen LogP contribution < -0.4 is 0 Å². The van der Waals surface area contributed by atoms with E-state index in [1.807, 2.05) is 0 Å². The fraction of sp³-hybridized carbons (Fsp3) is 0. The lowest BCUT2D eigenvalue weighted by atomic mass is 10.0. The molecule has 0 fully saturated rings. The highest BCUT2D eigenvalue weighted by molar-refractivity contribution is 6.50. The van der Waals surface area contributed by atoms with Crippen LogP contribution in [0.25, 0.3) is 0 Å². The Labute approximate surface area is 109 Å². The van der Waals surface area contributed by atoms with E-state index in [4.69, 9.17) is 0 Å². The number of carbonyl (C=O) groups excluding carboxylic acids is 3. The van der Waals surface area contributed by atoms with E-state index in [2.05, 4.69) is 4.99 Å². The van der Waals surface area contributed by atoms with Crippen LogP contribution in [0.4, 0.5) is 5.69 Å². The van der Waals surface area contributed by atoms with Gasteiger partial charge in [0.25, 0.3) is 0 Å². The Morgan fingerprint density at radius 2 is 1.47 bits per heavy atom. The van der Waals surface area contributed by atoms with Crippen molar-refractivity contribution < 1.29 is 14.4 Å². The molecule has 2 rings (SSSR count). The molecule has 92 valence electrons. The second-order valence-corrected chi connectivity index (χ2v) is 3.74. The van der Waals surface area contributed by atoms with Crippen LogP contribution in [0.3, 0.4) is 0 Å². The topological polar surface area (TPSA) is 63.6 Å². The van der Waals surface area contributed by atoms with Crippen LogP contribution in [0.15, 0.2) is 59.6 Å². The molecular weight excluding hydrogens is 242 g/mol. The lowest BCUT2D eigenvalue weighted by molar-refractivity contribution is 0.0817. The normalized spacial score (nSPS) is 9.47. The van der Waals surface area contributed by atoms with Crippen LogP contribution in [0.5, 0.6) is 0 Å². The first kappa shape index (κ1) is 12.6. The van der Waals surface area contributed by atoms with Gasteiger partial charge in [-0.25, -0.2) is 4.79 Å². The quantitative estimate of drug-likeness (QED) is 0.363. The van der Waals surface area contributed by atoms with Crippen molar-refractivity contribution in [1.29, 1.82) is 0 Å². The molecule has 0 saturated heterocycles. The summed E-state index contributed by atoms with van der Waals surface area (Å²) in [7, 11) is 0. The number of para-hydroxylation sites is 1. The minimum Gasteiger partial charge on any atom is -0.285 e. The first-order valence-electron chi connectivity index (χ1n) is 5.55. The van der Waals surface area contributed by atoms with Gasteiger partial charge >= 0.3 is 0 Å². The number of hydrogen-bond donors (Lipinski definition) is 0. The summed E-state index contributed by atoms with van der Waals surface area (Å²) in [5, 5.41) is 0. The van der Waals surface area contributed by atoms with E-state index in [9.17, 15) is 14.4 Å². The van der Waals surface area contributed by atoms with Gasteiger partial charge in [-0.05, 0) is 12.1 Å². The molecule has 2 aromatic carbocycles. The van der Waals surface area contributed by atoms with Crippen LogP contribution in [0.1, 0.15) is 20.7 Å². The number of rotatable bonds is 4. The molecule has 19 heavy (non-hydrogen) atoms. The van der Waals surface area contributed by atoms with E-state index in [1.165, 1.54) is 18.2 Å². The smallest absolute Gasteiger partial charge is 0.240 e. The highest BCUT2D eigenvalue weighted by Crippen LogP contribution is 2.20. The Hall–Kier alpha value is -2.84. The summed E-state index contributed by atoms with van der Waals surface area (Å²) in [6.45, 7) is 0. The van der Waals surface area contributed by atoms with Crippen molar-refractivity contribution in [1.82, 2.24) is 0 Å². The third-order valence-electron chi connectivity index (χ3n) is 2.56. The number of ketones is 2. The van der Waals surface area contributed by atoms with Crippen LogP contribution in [-0.2, 0) is 4.79 Å². The molecule has 0 heterocycles. The standard InChI is InChI=1S/C15H9NO3/c17-10-16-13-9-5-4-8-12(13)15(19)14(18)11-6-2-1-3-7-11/h1-9H. The summed E-state index contributed by atoms with van der Waals surface area (Å²) in [6, 6.07) is 14.4. The summed E-state index contributed by atoms with van der Waals surface area (Å²) in [5.74, 6) is -1.32. The minimum absolute atomic E-state index is 0.0969. The monoisotopic (exact) mass is 251 g/mol. The van der Waals surface area contributed by atoms with Gasteiger partial charge in [0.05, 0.1) is 11.3 Å². The Balaban J connectivity index is 2.40. The molecule has 2 aromatic rings. The summed E-state index contributed by atoms with van der Waals surface area (Å²) in [5.41, 5.74) is 0.545. The van der Waals surface area contributed by atoms with Gasteiger partial charge in [0.1, 0.15) is 0 Å². The van der Waals surface area contributed by atoms with Gasteiger partial charge < -0.3 is 0 Å². The molecule has 0 atom stereocenters. The molecule has 0 aliphatic heterocycles. The predicted octanol–water partition coefficient (Wildman–Crippen LogP) is 2.72. The zero-order chi connectivity index (χ0) is 13.7. The number of benzene rings is 2. The van der Waals surface area contributed by atoms with Crippen molar-refractivity contribution >= 4 is 23.3 Å². The highest BCUT2D eigenvalue weighted by Gasteiger charge is 2.20. The number of aliphatic imine (C=N–C) groups is 1. The average Bonchev–Trinajstić information content (AvgIpc) is 2.47. The maximum Gasteiger partial charge on any atom is 0.240 e. The minimum atomic E-state index is -0.694. The van der Waals surface area contributed by atoms with Crippen LogP contribution >= 0.6 is 0 Å². The van der Waals surface area contributed by atoms with E-state index < -0.39 is 11.6 Å². The summed E-state index contributed by atoms with van der Waals surface area (Å²) in [6.07, 6.45) is 1.37. The molecule has 0 saturated carbocycles. The van der Waals surface area contributed by atoms with Gasteiger partial charge in [0.2, 0.25) is 17.6 Å². The lowest BCUT2D eigenvalue weighted by Gasteiger charge is -2.02. The van der Waals surface area contributed by atoms with Gasteiger partial charge in [-0.3, -0.25) is 9.59 Å². The molecular formula is C15H9NO3. The van der Waals surface area contributed by atoms with Gasteiger partial charge in [0, 0.05) is 5.56 Å². The zero-order valence-corrected chi connectivity index (χ0v) is 9.87. The van der Waals surface area contributed by atoms with E-state index in [1.54, 1.807) is 42.5 Å². The van der Waals surface area contributed by atoms with E-state index in [-0.39, 0.29) is 11.3 Å². The Morgan fingerprint density at radius 3 is 2.16 bits per heavy atom. The summed E-state index contributed by atoms with van der Waals surface area (Å²) in [4.78, 5) is 37.8. The number of isocyanates is 1. The SMILES string of the molecule is O=C=Nc1ccccc1C(=O)C(=O)c1ccccc1. The Bertz CT molecular complexity index is 671. The van der Waals surface area contributed by atoms with Gasteiger partial charge in [-0.1, -0.05) is 42.5 Å². The molecule has 0 aromatic heterocycles. The fourth-order valence-corrected chi connectivity index (χ4v) is 1.66. The third kappa shape index (κ3) is 2.70. The number of hydrogen-bond acceptors (Lipinski definition) is 4. The van der Waals surface area contributed by atoms with Crippen molar-refractivity contribution in [3.63, 3.8) is 0 Å². The van der Waals surface area contributed by atoms with Crippen molar-refractivity contribution in [3.05, 3.63) is 65.7 Å². The van der Waals surface area contributed by atoms with E-state index >= 15 is 0 Å². The molecule has 0 aliphatic carbocycles. The lowest BCUT2D eigenvalue weighted by Crippen LogP contribution is -2.14. The van der Waals surface area contributed by atoms with E-state index in [0.29, 0.717) is 5.56 Å². The molecule has 4 nitrogen and oxygen atoms in total. The largest absolute Gasteiger partial charge is 0.285 e. The van der Waals surface area contributed by atoms with Crippen molar-refractivity contribution in [2.45, 2.75) is 0 Å². The van der Waals surface area contributed by atoms with Crippen LogP contribution in [0.2, 0.25) is 0 Å². The maximum absolute atomic E-state index is 12.1. The van der Waals surface area contributed by atoms with Gasteiger partial charge in [0.15, 0.2) is 0 Å². The van der Waals surface area contributed by atoms with Gasteiger partial charge in [-0.2, -0.15) is 4.99 Å². The predicted molar refractivity (Wildman–Crippen MR) is 69.3 cm³/mol. The molecule has 0 unspecified atom stereocenters. The molecule has 0 amide bonds. The molecule has 4 heteroatoms. The summed E-state index contributed by atoms with van der Waals surface area (Å²) >= 11 is 0. The van der Waals surface area contributed by atoms with Crippen molar-refractivity contribution in [2.75, 3.05) is 0 Å². The van der Waals surface area contributed by atoms with Crippen molar-refractivity contribution in [3.8, 4) is 0 Å². The molecule has 0 bridgehead atoms. The van der Waals surface area contributed by atoms with Crippen molar-refractivity contribution in [2.24, 2.45) is 4.99 Å². The average molecular weight is 251 g/mol. The molecule has 0 spiro atoms. The molecule has 0 radical (unpaired) electrons. The zero-order valence-electron chi connectivity index (χ0n) is 9.87. The fourth-order valence-electron chi connectivity index (χ4n) is 1.66. The summed E-state index contributed by atoms with van der Waals surface area (Å²) < 4.78 is 0. The first-order chi connectivity index (χ1) is 9.24. The molecule has 0 aliphatic rings. The van der Waals surface area contributed by atoms with Gasteiger partial charge in [-0.15, -0.1) is 0 Å². The number of carbonyl (C=O) groups is 2. The van der Waals surface area contributed by atoms with E-state index in [0.717, 1.165) is 0 Å². The second-order valence-electron chi connectivity index (χ2n) is 3.74.